The Bertz CT molecular complexity index is 3240. The summed E-state index contributed by atoms with van der Waals surface area (Å²) in [6.45, 7) is 0. The molecule has 0 bridgehead atoms. The Balaban J connectivity index is 0.970. The minimum atomic E-state index is -0.444. The Morgan fingerprint density at radius 3 is 1.62 bits per heavy atom. The average molecular weight is 796 g/mol. The van der Waals surface area contributed by atoms with Crippen molar-refractivity contribution in [1.82, 2.24) is 0 Å². The normalized spacial score (nSPS) is 13.5. The number of benzene rings is 9. The lowest BCUT2D eigenvalue weighted by molar-refractivity contribution is 0.768. The highest BCUT2D eigenvalue weighted by Gasteiger charge is 2.45. The molecule has 0 N–H and O–H groups in total. The first-order valence-corrected chi connectivity index (χ1v) is 22.1. The van der Waals surface area contributed by atoms with E-state index in [4.69, 9.17) is 0 Å². The Hall–Kier alpha value is -7.26. The van der Waals surface area contributed by atoms with Crippen LogP contribution in [0, 0.1) is 0 Å². The molecule has 0 saturated carbocycles. The van der Waals surface area contributed by atoms with Crippen LogP contribution >= 0.6 is 11.3 Å². The van der Waals surface area contributed by atoms with Crippen molar-refractivity contribution in [3.8, 4) is 33.4 Å². The molecule has 2 aliphatic rings. The first-order valence-electron chi connectivity index (χ1n) is 21.3. The van der Waals surface area contributed by atoms with Gasteiger partial charge < -0.3 is 4.90 Å². The van der Waals surface area contributed by atoms with Crippen molar-refractivity contribution in [3.05, 3.63) is 251 Å². The molecule has 9 aromatic carbocycles. The second-order valence-electron chi connectivity index (χ2n) is 16.3. The fraction of sp³-hybridized carbons (Fsp3) is 0.0508. The van der Waals surface area contributed by atoms with Gasteiger partial charge in [0.05, 0.1) is 5.41 Å². The molecule has 0 spiro atoms. The van der Waals surface area contributed by atoms with Crippen molar-refractivity contribution in [3.63, 3.8) is 0 Å². The molecular weight excluding hydrogens is 755 g/mol. The van der Waals surface area contributed by atoms with E-state index in [0.29, 0.717) is 0 Å². The summed E-state index contributed by atoms with van der Waals surface area (Å²) >= 11 is 1.91. The summed E-state index contributed by atoms with van der Waals surface area (Å²) in [5, 5.41) is 3.91. The van der Waals surface area contributed by atoms with E-state index in [1.807, 2.05) is 11.3 Å². The van der Waals surface area contributed by atoms with Crippen LogP contribution in [0.25, 0.3) is 60.3 Å². The molecule has 0 amide bonds. The van der Waals surface area contributed by atoms with E-state index in [1.54, 1.807) is 0 Å². The van der Waals surface area contributed by atoms with Gasteiger partial charge in [-0.25, -0.2) is 0 Å². The smallest absolute Gasteiger partial charge is 0.0713 e. The van der Waals surface area contributed by atoms with Gasteiger partial charge in [0.25, 0.3) is 0 Å². The molecule has 0 aliphatic heterocycles. The van der Waals surface area contributed by atoms with Gasteiger partial charge in [0, 0.05) is 26.6 Å². The van der Waals surface area contributed by atoms with Crippen LogP contribution in [0.2, 0.25) is 0 Å². The first kappa shape index (κ1) is 35.7. The number of fused-ring (bicyclic) bond motifs is 7. The quantitative estimate of drug-likeness (QED) is 0.155. The summed E-state index contributed by atoms with van der Waals surface area (Å²) in [6, 6.07) is 78.8. The summed E-state index contributed by atoms with van der Waals surface area (Å²) in [5.74, 6) is 0. The Morgan fingerprint density at radius 2 is 0.951 bits per heavy atom. The molecule has 0 unspecified atom stereocenters. The van der Waals surface area contributed by atoms with E-state index in [2.05, 4.69) is 229 Å². The van der Waals surface area contributed by atoms with Crippen molar-refractivity contribution >= 4 is 55.3 Å². The Labute approximate surface area is 361 Å². The molecule has 1 heterocycles. The molecule has 2 aliphatic carbocycles. The maximum absolute atomic E-state index is 2.41. The molecule has 61 heavy (non-hydrogen) atoms. The predicted molar refractivity (Wildman–Crippen MR) is 260 cm³/mol. The van der Waals surface area contributed by atoms with Crippen LogP contribution in [0.5, 0.6) is 0 Å². The van der Waals surface area contributed by atoms with E-state index in [0.717, 1.165) is 29.9 Å². The maximum Gasteiger partial charge on any atom is 0.0713 e. The molecule has 10 aromatic rings. The van der Waals surface area contributed by atoms with Crippen LogP contribution in [0.3, 0.4) is 0 Å². The van der Waals surface area contributed by atoms with E-state index >= 15 is 0 Å². The zero-order chi connectivity index (χ0) is 40.3. The van der Waals surface area contributed by atoms with Crippen LogP contribution in [0.4, 0.5) is 17.1 Å². The fourth-order valence-corrected chi connectivity index (χ4v) is 11.3. The molecule has 0 saturated heterocycles. The highest BCUT2D eigenvalue weighted by Crippen LogP contribution is 2.56. The summed E-state index contributed by atoms with van der Waals surface area (Å²) < 4.78 is 1.37. The fourth-order valence-electron chi connectivity index (χ4n) is 10.2. The zero-order valence-corrected chi connectivity index (χ0v) is 34.4. The summed E-state index contributed by atoms with van der Waals surface area (Å²) in [5.41, 5.74) is 17.1. The number of thiophene rings is 1. The van der Waals surface area contributed by atoms with Gasteiger partial charge in [0.1, 0.15) is 0 Å². The van der Waals surface area contributed by atoms with Crippen molar-refractivity contribution in [2.45, 2.75) is 18.3 Å². The third kappa shape index (κ3) is 5.82. The summed E-state index contributed by atoms with van der Waals surface area (Å²) in [6.07, 6.45) is 6.85. The highest BCUT2D eigenvalue weighted by atomic mass is 32.1. The van der Waals surface area contributed by atoms with Gasteiger partial charge in [-0.2, -0.15) is 0 Å². The molecule has 1 aromatic heterocycles. The molecule has 0 atom stereocenters. The Kier molecular flexibility index (Phi) is 8.47. The lowest BCUT2D eigenvalue weighted by Crippen LogP contribution is -2.28. The standard InChI is InChI=1S/C59H41NS/c1-2-14-46(15-3-1)59(55-19-9-6-16-51(55)52-17-7-10-20-56(52)59)47-29-35-50(36-30-47)60(48-31-24-41(25-32-48)44-23-22-40-12-4-5-13-43(40)38-44)49-33-26-42(27-34-49)45-28-37-58-54(39-45)53-18-8-11-21-57(53)61-58/h1-7,9-17,19-39H,8,18H2. The number of rotatable bonds is 7. The van der Waals surface area contributed by atoms with Crippen LogP contribution in [-0.4, -0.2) is 0 Å². The highest BCUT2D eigenvalue weighted by molar-refractivity contribution is 7.20. The van der Waals surface area contributed by atoms with Gasteiger partial charge >= 0.3 is 0 Å². The third-order valence-corrected chi connectivity index (χ3v) is 14.2. The monoisotopic (exact) mass is 795 g/mol. The predicted octanol–water partition coefficient (Wildman–Crippen LogP) is 16.2. The van der Waals surface area contributed by atoms with Crippen molar-refractivity contribution in [2.24, 2.45) is 0 Å². The topological polar surface area (TPSA) is 3.24 Å². The van der Waals surface area contributed by atoms with Crippen molar-refractivity contribution < 1.29 is 0 Å². The average Bonchev–Trinajstić information content (AvgIpc) is 3.86. The number of allylic oxidation sites excluding steroid dienone is 1. The van der Waals surface area contributed by atoms with Gasteiger partial charge in [-0.15, -0.1) is 11.3 Å². The zero-order valence-electron chi connectivity index (χ0n) is 33.6. The Morgan fingerprint density at radius 1 is 0.426 bits per heavy atom. The molecule has 1 nitrogen and oxygen atoms in total. The maximum atomic E-state index is 2.41. The number of hydrogen-bond donors (Lipinski definition) is 0. The van der Waals surface area contributed by atoms with Gasteiger partial charge in [0.2, 0.25) is 0 Å². The van der Waals surface area contributed by atoms with Crippen LogP contribution in [0.15, 0.2) is 218 Å². The second-order valence-corrected chi connectivity index (χ2v) is 17.4. The van der Waals surface area contributed by atoms with Gasteiger partial charge in [-0.05, 0) is 151 Å². The van der Waals surface area contributed by atoms with Crippen LogP contribution in [-0.2, 0) is 11.8 Å². The lowest BCUT2D eigenvalue weighted by atomic mass is 9.68. The molecule has 288 valence electrons. The summed E-state index contributed by atoms with van der Waals surface area (Å²) in [7, 11) is 0. The minimum absolute atomic E-state index is 0.444. The summed E-state index contributed by atoms with van der Waals surface area (Å²) in [4.78, 5) is 3.81. The third-order valence-electron chi connectivity index (χ3n) is 13.0. The van der Waals surface area contributed by atoms with E-state index in [1.165, 1.54) is 86.9 Å². The molecule has 2 heteroatoms. The van der Waals surface area contributed by atoms with Gasteiger partial charge in [-0.1, -0.05) is 164 Å². The number of hydrogen-bond acceptors (Lipinski definition) is 2. The van der Waals surface area contributed by atoms with E-state index < -0.39 is 5.41 Å². The van der Waals surface area contributed by atoms with E-state index in [9.17, 15) is 0 Å². The largest absolute Gasteiger partial charge is 0.311 e. The number of anilines is 3. The van der Waals surface area contributed by atoms with Gasteiger partial charge in [-0.3, -0.25) is 0 Å². The van der Waals surface area contributed by atoms with Crippen molar-refractivity contribution in [2.75, 3.05) is 4.90 Å². The number of aryl methyl sites for hydroxylation is 1. The van der Waals surface area contributed by atoms with Gasteiger partial charge in [0.15, 0.2) is 0 Å². The van der Waals surface area contributed by atoms with Crippen molar-refractivity contribution in [1.29, 1.82) is 0 Å². The SMILES string of the molecule is C1=Cc2sc3ccc(-c4ccc(N(c5ccc(-c6ccc7ccccc7c6)cc5)c5ccc(C6(c7ccccc7)c7ccccc7-c7ccccc76)cc5)cc4)cc3c2CC1. The molecule has 12 rings (SSSR count). The minimum Gasteiger partial charge on any atom is -0.311 e. The second kappa shape index (κ2) is 14.5. The molecular formula is C59H41NS. The number of nitrogens with zero attached hydrogens (tertiary/aromatic N) is 1. The first-order chi connectivity index (χ1) is 30.2. The van der Waals surface area contributed by atoms with Crippen LogP contribution < -0.4 is 4.90 Å². The van der Waals surface area contributed by atoms with E-state index in [-0.39, 0.29) is 0 Å². The van der Waals surface area contributed by atoms with Crippen LogP contribution in [0.1, 0.15) is 39.1 Å². The molecule has 0 fully saturated rings. The molecule has 0 radical (unpaired) electrons. The lowest BCUT2D eigenvalue weighted by Gasteiger charge is -2.34.